The highest BCUT2D eigenvalue weighted by atomic mass is 15.2. The molecule has 2 heterocycles. The summed E-state index contributed by atoms with van der Waals surface area (Å²) in [5.41, 5.74) is 0. The second-order valence-electron chi connectivity index (χ2n) is 5.89. The molecule has 0 amide bonds. The lowest BCUT2D eigenvalue weighted by atomic mass is 9.86. The fourth-order valence-electron chi connectivity index (χ4n) is 3.60. The minimum atomic E-state index is 0.908. The van der Waals surface area contributed by atoms with Crippen molar-refractivity contribution in [3.05, 3.63) is 0 Å². The molecule has 2 fully saturated rings. The van der Waals surface area contributed by atoms with E-state index >= 15 is 0 Å². The second-order valence-corrected chi connectivity index (χ2v) is 5.89. The average molecular weight is 238 g/mol. The number of rotatable bonds is 4. The maximum Gasteiger partial charge on any atom is 0.0124 e. The summed E-state index contributed by atoms with van der Waals surface area (Å²) in [5, 5.41) is 3.51. The van der Waals surface area contributed by atoms with Gasteiger partial charge in [-0.2, -0.15) is 0 Å². The van der Waals surface area contributed by atoms with Crippen LogP contribution in [0.5, 0.6) is 0 Å². The van der Waals surface area contributed by atoms with Crippen LogP contribution in [0.15, 0.2) is 0 Å². The number of nitrogens with zero attached hydrogens (tertiary/aromatic N) is 1. The Hall–Kier alpha value is -0.0800. The van der Waals surface area contributed by atoms with Crippen LogP contribution in [0.4, 0.5) is 0 Å². The Morgan fingerprint density at radius 3 is 2.65 bits per heavy atom. The Morgan fingerprint density at radius 1 is 1.06 bits per heavy atom. The molecule has 0 aromatic carbocycles. The number of piperidine rings is 1. The normalized spacial score (nSPS) is 29.1. The van der Waals surface area contributed by atoms with Crippen molar-refractivity contribution in [3.8, 4) is 0 Å². The monoisotopic (exact) mass is 238 g/mol. The van der Waals surface area contributed by atoms with Crippen molar-refractivity contribution < 1.29 is 0 Å². The SMILES string of the molecule is CCCCN1CCCCCC1C1CCNCC1. The summed E-state index contributed by atoms with van der Waals surface area (Å²) in [6, 6.07) is 0.908. The van der Waals surface area contributed by atoms with E-state index in [1.807, 2.05) is 0 Å². The number of likely N-dealkylation sites (tertiary alicyclic amines) is 1. The molecule has 2 aliphatic rings. The van der Waals surface area contributed by atoms with Gasteiger partial charge in [0.05, 0.1) is 0 Å². The van der Waals surface area contributed by atoms with Crippen molar-refractivity contribution in [1.29, 1.82) is 0 Å². The molecule has 0 bridgehead atoms. The van der Waals surface area contributed by atoms with Gasteiger partial charge in [-0.15, -0.1) is 0 Å². The number of nitrogens with one attached hydrogen (secondary N) is 1. The van der Waals surface area contributed by atoms with Crippen molar-refractivity contribution in [2.24, 2.45) is 5.92 Å². The van der Waals surface area contributed by atoms with E-state index in [-0.39, 0.29) is 0 Å². The first-order chi connectivity index (χ1) is 8.42. The quantitative estimate of drug-likeness (QED) is 0.810. The number of unbranched alkanes of at least 4 members (excludes halogenated alkanes) is 1. The molecule has 0 aliphatic carbocycles. The first kappa shape index (κ1) is 13.4. The number of hydrogen-bond donors (Lipinski definition) is 1. The Morgan fingerprint density at radius 2 is 1.88 bits per heavy atom. The van der Waals surface area contributed by atoms with Crippen LogP contribution >= 0.6 is 0 Å². The third-order valence-electron chi connectivity index (χ3n) is 4.64. The van der Waals surface area contributed by atoms with Crippen LogP contribution in [-0.4, -0.2) is 37.1 Å². The maximum absolute atomic E-state index is 3.51. The highest BCUT2D eigenvalue weighted by molar-refractivity contribution is 4.84. The Labute approximate surface area is 107 Å². The summed E-state index contributed by atoms with van der Waals surface area (Å²) in [7, 11) is 0. The molecule has 2 nitrogen and oxygen atoms in total. The van der Waals surface area contributed by atoms with E-state index in [1.54, 1.807) is 0 Å². The highest BCUT2D eigenvalue weighted by Crippen LogP contribution is 2.28. The second kappa shape index (κ2) is 7.38. The smallest absolute Gasteiger partial charge is 0.0124 e. The standard InChI is InChI=1S/C15H30N2/c1-2-3-12-17-13-6-4-5-7-15(17)14-8-10-16-11-9-14/h14-16H,2-13H2,1H3. The fourth-order valence-corrected chi connectivity index (χ4v) is 3.60. The molecule has 0 radical (unpaired) electrons. The van der Waals surface area contributed by atoms with Crippen LogP contribution in [0.25, 0.3) is 0 Å². The van der Waals surface area contributed by atoms with E-state index in [0.717, 1.165) is 12.0 Å². The largest absolute Gasteiger partial charge is 0.317 e. The van der Waals surface area contributed by atoms with Crippen LogP contribution in [0.3, 0.4) is 0 Å². The van der Waals surface area contributed by atoms with E-state index in [9.17, 15) is 0 Å². The van der Waals surface area contributed by atoms with Gasteiger partial charge in [0.2, 0.25) is 0 Å². The first-order valence-corrected chi connectivity index (χ1v) is 7.86. The minimum Gasteiger partial charge on any atom is -0.317 e. The van der Waals surface area contributed by atoms with Crippen molar-refractivity contribution in [1.82, 2.24) is 10.2 Å². The van der Waals surface area contributed by atoms with Crippen molar-refractivity contribution in [2.45, 2.75) is 64.3 Å². The summed E-state index contributed by atoms with van der Waals surface area (Å²) in [5.74, 6) is 0.978. The summed E-state index contributed by atoms with van der Waals surface area (Å²) < 4.78 is 0. The lowest BCUT2D eigenvalue weighted by Crippen LogP contribution is -2.44. The molecule has 2 aliphatic heterocycles. The van der Waals surface area contributed by atoms with Gasteiger partial charge in [-0.1, -0.05) is 26.2 Å². The molecule has 2 heteroatoms. The van der Waals surface area contributed by atoms with Gasteiger partial charge in [-0.3, -0.25) is 0 Å². The summed E-state index contributed by atoms with van der Waals surface area (Å²) in [6.07, 6.45) is 11.4. The zero-order chi connectivity index (χ0) is 11.9. The first-order valence-electron chi connectivity index (χ1n) is 7.86. The molecule has 17 heavy (non-hydrogen) atoms. The van der Waals surface area contributed by atoms with Crippen LogP contribution in [0.2, 0.25) is 0 Å². The molecule has 2 saturated heterocycles. The van der Waals surface area contributed by atoms with Gasteiger partial charge in [-0.05, 0) is 64.2 Å². The Balaban J connectivity index is 1.92. The topological polar surface area (TPSA) is 15.3 Å². The maximum atomic E-state index is 3.51. The van der Waals surface area contributed by atoms with Crippen molar-refractivity contribution >= 4 is 0 Å². The molecule has 1 unspecified atom stereocenters. The number of hydrogen-bond acceptors (Lipinski definition) is 2. The van der Waals surface area contributed by atoms with Crippen LogP contribution in [0, 0.1) is 5.92 Å². The van der Waals surface area contributed by atoms with Gasteiger partial charge in [0.25, 0.3) is 0 Å². The van der Waals surface area contributed by atoms with E-state index < -0.39 is 0 Å². The minimum absolute atomic E-state index is 0.908. The Bertz CT molecular complexity index is 199. The predicted molar refractivity (Wildman–Crippen MR) is 74.3 cm³/mol. The lowest BCUT2D eigenvalue weighted by molar-refractivity contribution is 0.120. The molecule has 0 aromatic rings. The third-order valence-corrected chi connectivity index (χ3v) is 4.64. The van der Waals surface area contributed by atoms with Gasteiger partial charge < -0.3 is 10.2 Å². The van der Waals surface area contributed by atoms with Crippen molar-refractivity contribution in [2.75, 3.05) is 26.2 Å². The molecular weight excluding hydrogens is 208 g/mol. The van der Waals surface area contributed by atoms with E-state index in [1.165, 1.54) is 77.5 Å². The van der Waals surface area contributed by atoms with Crippen LogP contribution in [0.1, 0.15) is 58.3 Å². The average Bonchev–Trinajstić information content (AvgIpc) is 2.62. The third kappa shape index (κ3) is 3.96. The van der Waals surface area contributed by atoms with E-state index in [2.05, 4.69) is 17.1 Å². The van der Waals surface area contributed by atoms with Crippen LogP contribution < -0.4 is 5.32 Å². The molecule has 100 valence electrons. The van der Waals surface area contributed by atoms with Gasteiger partial charge in [0.1, 0.15) is 0 Å². The van der Waals surface area contributed by atoms with E-state index in [0.29, 0.717) is 0 Å². The van der Waals surface area contributed by atoms with Gasteiger partial charge >= 0.3 is 0 Å². The summed E-state index contributed by atoms with van der Waals surface area (Å²) in [6.45, 7) is 7.54. The molecular formula is C15H30N2. The fraction of sp³-hybridized carbons (Fsp3) is 1.00. The molecule has 1 atom stereocenters. The van der Waals surface area contributed by atoms with Crippen LogP contribution in [-0.2, 0) is 0 Å². The highest BCUT2D eigenvalue weighted by Gasteiger charge is 2.29. The zero-order valence-electron chi connectivity index (χ0n) is 11.6. The molecule has 0 saturated carbocycles. The van der Waals surface area contributed by atoms with Gasteiger partial charge in [-0.25, -0.2) is 0 Å². The zero-order valence-corrected chi connectivity index (χ0v) is 11.6. The Kier molecular flexibility index (Phi) is 5.79. The van der Waals surface area contributed by atoms with Gasteiger partial charge in [0.15, 0.2) is 0 Å². The molecule has 0 aromatic heterocycles. The van der Waals surface area contributed by atoms with Gasteiger partial charge in [0, 0.05) is 6.04 Å². The predicted octanol–water partition coefficient (Wildman–Crippen LogP) is 3.03. The molecule has 0 spiro atoms. The lowest BCUT2D eigenvalue weighted by Gasteiger charge is -2.38. The van der Waals surface area contributed by atoms with E-state index in [4.69, 9.17) is 0 Å². The summed E-state index contributed by atoms with van der Waals surface area (Å²) >= 11 is 0. The molecule has 2 rings (SSSR count). The molecule has 1 N–H and O–H groups in total. The summed E-state index contributed by atoms with van der Waals surface area (Å²) in [4.78, 5) is 2.84. The van der Waals surface area contributed by atoms with Crippen molar-refractivity contribution in [3.63, 3.8) is 0 Å².